The first kappa shape index (κ1) is 15.6. The van der Waals surface area contributed by atoms with E-state index in [4.69, 9.17) is 9.84 Å². The molecule has 0 aromatic heterocycles. The molecule has 5 nitrogen and oxygen atoms in total. The molecule has 0 heterocycles. The Balaban J connectivity index is 1.81. The second kappa shape index (κ2) is 6.07. The number of hydrogen-bond donors (Lipinski definition) is 2. The molecule has 5 heteroatoms. The molecule has 3 rings (SSSR count). The third kappa shape index (κ3) is 3.23. The smallest absolute Gasteiger partial charge is 0.335 e. The number of nitrogens with one attached hydrogen (secondary N) is 1. The Morgan fingerprint density at radius 3 is 2.61 bits per heavy atom. The lowest BCUT2D eigenvalue weighted by Crippen LogP contribution is -2.26. The number of amides is 1. The molecule has 2 aliphatic rings. The molecule has 0 spiro atoms. The number of hydrogen-bond acceptors (Lipinski definition) is 3. The molecule has 1 aromatic carbocycles. The molecule has 0 saturated heterocycles. The molecule has 1 fully saturated rings. The van der Waals surface area contributed by atoms with E-state index in [1.165, 1.54) is 12.1 Å². The van der Waals surface area contributed by atoms with Gasteiger partial charge in [0.05, 0.1) is 17.4 Å². The summed E-state index contributed by atoms with van der Waals surface area (Å²) >= 11 is 0. The molecule has 3 unspecified atom stereocenters. The molecular weight excluding hydrogens is 294 g/mol. The van der Waals surface area contributed by atoms with Crippen molar-refractivity contribution in [3.8, 4) is 5.75 Å². The van der Waals surface area contributed by atoms with E-state index in [0.717, 1.165) is 12.8 Å². The Bertz CT molecular complexity index is 665. The maximum atomic E-state index is 12.6. The third-order valence-electron chi connectivity index (χ3n) is 4.46. The quantitative estimate of drug-likeness (QED) is 0.817. The van der Waals surface area contributed by atoms with Crippen LogP contribution >= 0.6 is 0 Å². The van der Waals surface area contributed by atoms with Crippen molar-refractivity contribution in [3.05, 3.63) is 35.9 Å². The topological polar surface area (TPSA) is 75.6 Å². The summed E-state index contributed by atoms with van der Waals surface area (Å²) in [5.74, 6) is 0.185. The number of ether oxygens (including phenoxy) is 1. The van der Waals surface area contributed by atoms with Crippen LogP contribution in [0.2, 0.25) is 0 Å². The normalized spacial score (nSPS) is 24.9. The molecule has 23 heavy (non-hydrogen) atoms. The standard InChI is InChI=1S/C18H21NO4/c1-10(2)23-16-6-5-13(18(21)22)9-15(16)19-17(20)14-8-11-3-4-12(14)7-11/h3-6,9-12,14H,7-8H2,1-2H3,(H,19,20)(H,21,22). The fraction of sp³-hybridized carbons (Fsp3) is 0.444. The molecule has 3 atom stereocenters. The van der Waals surface area contributed by atoms with Crippen molar-refractivity contribution in [1.82, 2.24) is 0 Å². The lowest BCUT2D eigenvalue weighted by atomic mass is 9.92. The Morgan fingerprint density at radius 2 is 2.04 bits per heavy atom. The van der Waals surface area contributed by atoms with Gasteiger partial charge in [0.1, 0.15) is 5.75 Å². The van der Waals surface area contributed by atoms with Gasteiger partial charge in [0.15, 0.2) is 0 Å². The number of carbonyl (C=O) groups excluding carboxylic acids is 1. The van der Waals surface area contributed by atoms with Gasteiger partial charge in [-0.1, -0.05) is 12.2 Å². The zero-order chi connectivity index (χ0) is 16.6. The summed E-state index contributed by atoms with van der Waals surface area (Å²) in [6.07, 6.45) is 6.16. The van der Waals surface area contributed by atoms with Gasteiger partial charge in [0, 0.05) is 5.92 Å². The van der Waals surface area contributed by atoms with Crippen LogP contribution in [0.15, 0.2) is 30.4 Å². The van der Waals surface area contributed by atoms with Gasteiger partial charge in [0.2, 0.25) is 5.91 Å². The lowest BCUT2D eigenvalue weighted by molar-refractivity contribution is -0.120. The van der Waals surface area contributed by atoms with Gasteiger partial charge < -0.3 is 15.2 Å². The average molecular weight is 315 g/mol. The van der Waals surface area contributed by atoms with Crippen LogP contribution in [-0.2, 0) is 4.79 Å². The second-order valence-electron chi connectivity index (χ2n) is 6.56. The van der Waals surface area contributed by atoms with Gasteiger partial charge >= 0.3 is 5.97 Å². The van der Waals surface area contributed by atoms with Crippen molar-refractivity contribution in [2.75, 3.05) is 5.32 Å². The van der Waals surface area contributed by atoms with E-state index in [-0.39, 0.29) is 23.5 Å². The van der Waals surface area contributed by atoms with E-state index < -0.39 is 5.97 Å². The minimum atomic E-state index is -1.03. The van der Waals surface area contributed by atoms with Crippen molar-refractivity contribution < 1.29 is 19.4 Å². The van der Waals surface area contributed by atoms with E-state index in [9.17, 15) is 9.59 Å². The number of rotatable bonds is 5. The van der Waals surface area contributed by atoms with Crippen molar-refractivity contribution in [1.29, 1.82) is 0 Å². The monoisotopic (exact) mass is 315 g/mol. The molecule has 1 aromatic rings. The Labute approximate surface area is 135 Å². The predicted octanol–water partition coefficient (Wildman–Crippen LogP) is 3.32. The van der Waals surface area contributed by atoms with Crippen molar-refractivity contribution in [3.63, 3.8) is 0 Å². The maximum absolute atomic E-state index is 12.6. The van der Waals surface area contributed by atoms with Gasteiger partial charge in [0.25, 0.3) is 0 Å². The number of carboxylic acid groups (broad SMARTS) is 1. The van der Waals surface area contributed by atoms with Gasteiger partial charge in [-0.05, 0) is 56.7 Å². The van der Waals surface area contributed by atoms with Gasteiger partial charge in [-0.3, -0.25) is 4.79 Å². The number of carbonyl (C=O) groups is 2. The highest BCUT2D eigenvalue weighted by Crippen LogP contribution is 2.44. The van der Waals surface area contributed by atoms with Crippen molar-refractivity contribution in [2.45, 2.75) is 32.8 Å². The van der Waals surface area contributed by atoms with Crippen LogP contribution in [0.3, 0.4) is 0 Å². The highest BCUT2D eigenvalue weighted by atomic mass is 16.5. The fourth-order valence-corrected chi connectivity index (χ4v) is 3.43. The summed E-state index contributed by atoms with van der Waals surface area (Å²) in [6.45, 7) is 3.77. The zero-order valence-electron chi connectivity index (χ0n) is 13.3. The zero-order valence-corrected chi connectivity index (χ0v) is 13.3. The summed E-state index contributed by atoms with van der Waals surface area (Å²) in [5, 5.41) is 12.0. The van der Waals surface area contributed by atoms with Crippen LogP contribution in [0, 0.1) is 17.8 Å². The SMILES string of the molecule is CC(C)Oc1ccc(C(=O)O)cc1NC(=O)C1CC2C=CC1C2. The van der Waals surface area contributed by atoms with E-state index in [1.807, 2.05) is 13.8 Å². The van der Waals surface area contributed by atoms with Crippen LogP contribution in [0.4, 0.5) is 5.69 Å². The predicted molar refractivity (Wildman–Crippen MR) is 86.6 cm³/mol. The first-order valence-electron chi connectivity index (χ1n) is 7.97. The molecule has 1 amide bonds. The minimum Gasteiger partial charge on any atom is -0.489 e. The first-order valence-corrected chi connectivity index (χ1v) is 7.97. The Kier molecular flexibility index (Phi) is 4.11. The van der Waals surface area contributed by atoms with Gasteiger partial charge in [-0.15, -0.1) is 0 Å². The van der Waals surface area contributed by atoms with E-state index in [2.05, 4.69) is 17.5 Å². The van der Waals surface area contributed by atoms with E-state index in [1.54, 1.807) is 6.07 Å². The summed E-state index contributed by atoms with van der Waals surface area (Å²) < 4.78 is 5.68. The summed E-state index contributed by atoms with van der Waals surface area (Å²) in [5.41, 5.74) is 0.555. The number of benzene rings is 1. The fourth-order valence-electron chi connectivity index (χ4n) is 3.43. The van der Waals surface area contributed by atoms with E-state index in [0.29, 0.717) is 23.3 Å². The van der Waals surface area contributed by atoms with E-state index >= 15 is 0 Å². The van der Waals surface area contributed by atoms with Gasteiger partial charge in [-0.25, -0.2) is 4.79 Å². The Morgan fingerprint density at radius 1 is 1.26 bits per heavy atom. The van der Waals surface area contributed by atoms with Crippen LogP contribution < -0.4 is 10.1 Å². The summed E-state index contributed by atoms with van der Waals surface area (Å²) in [6, 6.07) is 4.54. The number of carboxylic acids is 1. The highest BCUT2D eigenvalue weighted by molar-refractivity contribution is 5.97. The molecule has 0 radical (unpaired) electrons. The van der Waals surface area contributed by atoms with Crippen LogP contribution in [0.25, 0.3) is 0 Å². The largest absolute Gasteiger partial charge is 0.489 e. The maximum Gasteiger partial charge on any atom is 0.335 e. The summed E-state index contributed by atoms with van der Waals surface area (Å²) in [4.78, 5) is 23.7. The Hall–Kier alpha value is -2.30. The molecule has 2 bridgehead atoms. The number of aromatic carboxylic acids is 1. The molecular formula is C18H21NO4. The first-order chi connectivity index (χ1) is 10.9. The second-order valence-corrected chi connectivity index (χ2v) is 6.56. The molecule has 122 valence electrons. The number of allylic oxidation sites excluding steroid dienone is 2. The average Bonchev–Trinajstić information content (AvgIpc) is 3.11. The van der Waals surface area contributed by atoms with Crippen molar-refractivity contribution in [2.24, 2.45) is 17.8 Å². The van der Waals surface area contributed by atoms with Crippen LogP contribution in [0.1, 0.15) is 37.0 Å². The number of fused-ring (bicyclic) bond motifs is 2. The minimum absolute atomic E-state index is 0.0367. The number of anilines is 1. The highest BCUT2D eigenvalue weighted by Gasteiger charge is 2.39. The molecule has 2 aliphatic carbocycles. The molecule has 0 aliphatic heterocycles. The van der Waals surface area contributed by atoms with Gasteiger partial charge in [-0.2, -0.15) is 0 Å². The van der Waals surface area contributed by atoms with Crippen molar-refractivity contribution >= 4 is 17.6 Å². The summed E-state index contributed by atoms with van der Waals surface area (Å²) in [7, 11) is 0. The van der Waals surface area contributed by atoms with Crippen LogP contribution in [-0.4, -0.2) is 23.1 Å². The lowest BCUT2D eigenvalue weighted by Gasteiger charge is -2.20. The van der Waals surface area contributed by atoms with Crippen LogP contribution in [0.5, 0.6) is 5.75 Å². The molecule has 2 N–H and O–H groups in total. The molecule has 1 saturated carbocycles. The third-order valence-corrected chi connectivity index (χ3v) is 4.46.